The van der Waals surface area contributed by atoms with Gasteiger partial charge in [0, 0.05) is 6.04 Å². The summed E-state index contributed by atoms with van der Waals surface area (Å²) in [6.07, 6.45) is 21.4. The Labute approximate surface area is 148 Å². The van der Waals surface area contributed by atoms with E-state index in [1.165, 1.54) is 109 Å². The molecule has 0 atom stereocenters. The predicted octanol–water partition coefficient (Wildman–Crippen LogP) is 7.59. The van der Waals surface area contributed by atoms with Gasteiger partial charge in [-0.1, -0.05) is 97.3 Å². The van der Waals surface area contributed by atoms with E-state index in [1.54, 1.807) is 0 Å². The molecule has 1 heteroatoms. The van der Waals surface area contributed by atoms with Gasteiger partial charge in [0.05, 0.1) is 0 Å². The lowest BCUT2D eigenvalue weighted by Crippen LogP contribution is -2.32. The topological polar surface area (TPSA) is 3.24 Å². The maximum atomic E-state index is 2.71. The van der Waals surface area contributed by atoms with Crippen molar-refractivity contribution in [1.82, 2.24) is 4.90 Å². The summed E-state index contributed by atoms with van der Waals surface area (Å²) in [4.78, 5) is 2.71. The van der Waals surface area contributed by atoms with E-state index < -0.39 is 0 Å². The molecule has 0 spiro atoms. The molecule has 0 aromatic carbocycles. The molecule has 0 aliphatic carbocycles. The average molecular weight is 326 g/mol. The maximum Gasteiger partial charge on any atom is 0.00385 e. The van der Waals surface area contributed by atoms with E-state index in [9.17, 15) is 0 Å². The van der Waals surface area contributed by atoms with Gasteiger partial charge in [-0.25, -0.2) is 0 Å². The maximum absolute atomic E-state index is 2.71. The highest BCUT2D eigenvalue weighted by Crippen LogP contribution is 2.12. The van der Waals surface area contributed by atoms with E-state index in [-0.39, 0.29) is 0 Å². The van der Waals surface area contributed by atoms with Crippen molar-refractivity contribution in [3.63, 3.8) is 0 Å². The molecular weight excluding hydrogens is 278 g/mol. The van der Waals surface area contributed by atoms with Gasteiger partial charge >= 0.3 is 0 Å². The summed E-state index contributed by atoms with van der Waals surface area (Å²) >= 11 is 0. The Morgan fingerprint density at radius 3 is 1.09 bits per heavy atom. The van der Waals surface area contributed by atoms with Gasteiger partial charge in [-0.3, -0.25) is 0 Å². The highest BCUT2D eigenvalue weighted by atomic mass is 15.1. The van der Waals surface area contributed by atoms with Crippen LogP contribution in [0.1, 0.15) is 124 Å². The second-order valence-corrected chi connectivity index (χ2v) is 7.73. The SMILES string of the molecule is CCCCCCCCCCN(CCCCCCCCC)C(C)C. The zero-order chi connectivity index (χ0) is 17.2. The molecular formula is C22H47N. The van der Waals surface area contributed by atoms with Crippen molar-refractivity contribution in [1.29, 1.82) is 0 Å². The van der Waals surface area contributed by atoms with Crippen molar-refractivity contribution in [2.24, 2.45) is 0 Å². The molecule has 0 heterocycles. The van der Waals surface area contributed by atoms with Crippen LogP contribution >= 0.6 is 0 Å². The van der Waals surface area contributed by atoms with Crippen molar-refractivity contribution in [3.05, 3.63) is 0 Å². The van der Waals surface area contributed by atoms with Crippen LogP contribution in [0.4, 0.5) is 0 Å². The fraction of sp³-hybridized carbons (Fsp3) is 1.00. The molecule has 0 amide bonds. The summed E-state index contributed by atoms with van der Waals surface area (Å²) in [6, 6.07) is 0.722. The van der Waals surface area contributed by atoms with Gasteiger partial charge in [-0.05, 0) is 39.8 Å². The van der Waals surface area contributed by atoms with Crippen molar-refractivity contribution in [2.75, 3.05) is 13.1 Å². The zero-order valence-corrected chi connectivity index (χ0v) is 17.0. The second kappa shape index (κ2) is 18.3. The molecule has 0 aliphatic rings. The van der Waals surface area contributed by atoms with Crippen LogP contribution < -0.4 is 0 Å². The molecule has 0 unspecified atom stereocenters. The molecule has 0 aromatic heterocycles. The number of unbranched alkanes of at least 4 members (excludes halogenated alkanes) is 13. The van der Waals surface area contributed by atoms with Crippen LogP contribution in [0.15, 0.2) is 0 Å². The van der Waals surface area contributed by atoms with E-state index in [4.69, 9.17) is 0 Å². The van der Waals surface area contributed by atoms with Gasteiger partial charge in [0.2, 0.25) is 0 Å². The third kappa shape index (κ3) is 16.6. The minimum absolute atomic E-state index is 0.722. The Hall–Kier alpha value is -0.0400. The first kappa shape index (κ1) is 23.0. The summed E-state index contributed by atoms with van der Waals surface area (Å²) in [6.45, 7) is 12.0. The molecule has 0 radical (unpaired) electrons. The number of hydrogen-bond acceptors (Lipinski definition) is 1. The number of nitrogens with zero attached hydrogens (tertiary/aromatic N) is 1. The van der Waals surface area contributed by atoms with Crippen molar-refractivity contribution < 1.29 is 0 Å². The van der Waals surface area contributed by atoms with Crippen LogP contribution in [0.3, 0.4) is 0 Å². The highest BCUT2D eigenvalue weighted by Gasteiger charge is 2.08. The van der Waals surface area contributed by atoms with Gasteiger partial charge in [-0.15, -0.1) is 0 Å². The quantitative estimate of drug-likeness (QED) is 0.235. The molecule has 23 heavy (non-hydrogen) atoms. The van der Waals surface area contributed by atoms with Crippen LogP contribution in [-0.4, -0.2) is 24.0 Å². The van der Waals surface area contributed by atoms with E-state index >= 15 is 0 Å². The predicted molar refractivity (Wildman–Crippen MR) is 107 cm³/mol. The van der Waals surface area contributed by atoms with Crippen LogP contribution in [-0.2, 0) is 0 Å². The molecule has 0 N–H and O–H groups in total. The zero-order valence-electron chi connectivity index (χ0n) is 17.0. The third-order valence-electron chi connectivity index (χ3n) is 5.08. The molecule has 0 fully saturated rings. The summed E-state index contributed by atoms with van der Waals surface area (Å²) in [7, 11) is 0. The monoisotopic (exact) mass is 325 g/mol. The fourth-order valence-electron chi connectivity index (χ4n) is 3.35. The standard InChI is InChI=1S/C22H47N/c1-5-7-9-11-13-15-17-19-21-23(22(3)4)20-18-16-14-12-10-8-6-2/h22H,5-21H2,1-4H3. The fourth-order valence-corrected chi connectivity index (χ4v) is 3.35. The first-order valence-electron chi connectivity index (χ1n) is 11.0. The molecule has 0 aromatic rings. The third-order valence-corrected chi connectivity index (χ3v) is 5.08. The molecule has 1 nitrogen and oxygen atoms in total. The van der Waals surface area contributed by atoms with Crippen molar-refractivity contribution in [2.45, 2.75) is 130 Å². The van der Waals surface area contributed by atoms with Gasteiger partial charge in [-0.2, -0.15) is 0 Å². The number of rotatable bonds is 18. The van der Waals surface area contributed by atoms with E-state index in [1.807, 2.05) is 0 Å². The first-order chi connectivity index (χ1) is 11.2. The van der Waals surface area contributed by atoms with E-state index in [0.29, 0.717) is 0 Å². The van der Waals surface area contributed by atoms with E-state index in [2.05, 4.69) is 32.6 Å². The molecule has 0 bridgehead atoms. The van der Waals surface area contributed by atoms with Crippen LogP contribution in [0.25, 0.3) is 0 Å². The second-order valence-electron chi connectivity index (χ2n) is 7.73. The summed E-state index contributed by atoms with van der Waals surface area (Å²) in [5.74, 6) is 0. The Morgan fingerprint density at radius 2 is 0.783 bits per heavy atom. The van der Waals surface area contributed by atoms with Crippen molar-refractivity contribution in [3.8, 4) is 0 Å². The Bertz CT molecular complexity index is 212. The lowest BCUT2D eigenvalue weighted by molar-refractivity contribution is 0.211. The highest BCUT2D eigenvalue weighted by molar-refractivity contribution is 4.63. The molecule has 140 valence electrons. The van der Waals surface area contributed by atoms with Gasteiger partial charge in [0.25, 0.3) is 0 Å². The van der Waals surface area contributed by atoms with Crippen molar-refractivity contribution >= 4 is 0 Å². The van der Waals surface area contributed by atoms with Crippen LogP contribution in [0.5, 0.6) is 0 Å². The molecule has 0 saturated carbocycles. The van der Waals surface area contributed by atoms with Crippen LogP contribution in [0, 0.1) is 0 Å². The molecule has 0 rings (SSSR count). The Balaban J connectivity index is 3.48. The summed E-state index contributed by atoms with van der Waals surface area (Å²) in [5.41, 5.74) is 0. The van der Waals surface area contributed by atoms with Gasteiger partial charge in [0.15, 0.2) is 0 Å². The van der Waals surface area contributed by atoms with E-state index in [0.717, 1.165) is 6.04 Å². The molecule has 0 saturated heterocycles. The largest absolute Gasteiger partial charge is 0.301 e. The van der Waals surface area contributed by atoms with Gasteiger partial charge in [0.1, 0.15) is 0 Å². The first-order valence-corrected chi connectivity index (χ1v) is 11.0. The average Bonchev–Trinajstić information content (AvgIpc) is 2.54. The summed E-state index contributed by atoms with van der Waals surface area (Å²) < 4.78 is 0. The number of hydrogen-bond donors (Lipinski definition) is 0. The smallest absolute Gasteiger partial charge is 0.00385 e. The minimum atomic E-state index is 0.722. The normalized spacial score (nSPS) is 11.7. The molecule has 0 aliphatic heterocycles. The lowest BCUT2D eigenvalue weighted by Gasteiger charge is -2.26. The van der Waals surface area contributed by atoms with Gasteiger partial charge < -0.3 is 4.90 Å². The summed E-state index contributed by atoms with van der Waals surface area (Å²) in [5, 5.41) is 0. The lowest BCUT2D eigenvalue weighted by atomic mass is 10.1. The Kier molecular flexibility index (Phi) is 18.3. The van der Waals surface area contributed by atoms with Crippen LogP contribution in [0.2, 0.25) is 0 Å². The Morgan fingerprint density at radius 1 is 0.478 bits per heavy atom. The minimum Gasteiger partial charge on any atom is -0.301 e.